The Morgan fingerprint density at radius 3 is 2.26 bits per heavy atom. The van der Waals surface area contributed by atoms with Gasteiger partial charge in [-0.2, -0.15) is 0 Å². The summed E-state index contributed by atoms with van der Waals surface area (Å²) in [6, 6.07) is 8.46. The molecule has 0 spiro atoms. The van der Waals surface area contributed by atoms with Crippen molar-refractivity contribution in [3.05, 3.63) is 35.4 Å². The number of carbonyl (C=O) groups excluding carboxylic acids is 1. The van der Waals surface area contributed by atoms with E-state index in [4.69, 9.17) is 4.74 Å². The number of unbranched alkanes of at least 4 members (excludes halogenated alkanes) is 5. The van der Waals surface area contributed by atoms with Crippen molar-refractivity contribution in [1.82, 2.24) is 0 Å². The van der Waals surface area contributed by atoms with Crippen LogP contribution >= 0.6 is 0 Å². The molecule has 1 aliphatic carbocycles. The first-order chi connectivity index (χ1) is 13.1. The predicted octanol–water partition coefficient (Wildman–Crippen LogP) is 5.92. The zero-order chi connectivity index (χ0) is 19.5. The molecular formula is C24H38O3. The van der Waals surface area contributed by atoms with Crippen molar-refractivity contribution in [2.45, 2.75) is 96.5 Å². The summed E-state index contributed by atoms with van der Waals surface area (Å²) in [5.74, 6) is -0.121. The number of carbonyl (C=O) groups is 1. The van der Waals surface area contributed by atoms with Crippen LogP contribution in [0.3, 0.4) is 0 Å². The number of hydrogen-bond donors (Lipinski definition) is 1. The molecule has 1 aliphatic rings. The molecule has 0 aromatic heterocycles. The number of aryl methyl sites for hydroxylation is 1. The first-order valence-electron chi connectivity index (χ1n) is 11.1. The van der Waals surface area contributed by atoms with Gasteiger partial charge in [0, 0.05) is 0 Å². The van der Waals surface area contributed by atoms with Crippen molar-refractivity contribution in [2.24, 2.45) is 5.92 Å². The maximum Gasteiger partial charge on any atom is 0.308 e. The van der Waals surface area contributed by atoms with Gasteiger partial charge in [0.25, 0.3) is 0 Å². The van der Waals surface area contributed by atoms with Crippen molar-refractivity contribution >= 4 is 5.97 Å². The molecule has 1 aromatic carbocycles. The molecule has 27 heavy (non-hydrogen) atoms. The van der Waals surface area contributed by atoms with Gasteiger partial charge in [-0.25, -0.2) is 0 Å². The lowest BCUT2D eigenvalue weighted by Crippen LogP contribution is -2.34. The summed E-state index contributed by atoms with van der Waals surface area (Å²) >= 11 is 0. The van der Waals surface area contributed by atoms with Crippen molar-refractivity contribution in [2.75, 3.05) is 6.61 Å². The van der Waals surface area contributed by atoms with Crippen molar-refractivity contribution in [1.29, 1.82) is 0 Å². The zero-order valence-corrected chi connectivity index (χ0v) is 17.3. The summed E-state index contributed by atoms with van der Waals surface area (Å²) in [5.41, 5.74) is 1.55. The number of benzene rings is 1. The molecule has 0 bridgehead atoms. The standard InChI is InChI=1S/C24H38O3/c1-3-5-7-9-19-27-23(25)21-15-17-24(26,18-16-21)22-13-11-20(12-14-22)10-8-6-4-2/h11-14,21,26H,3-10,15-19H2,1-2H3. The molecule has 0 amide bonds. The largest absolute Gasteiger partial charge is 0.465 e. The number of esters is 1. The third-order valence-electron chi connectivity index (χ3n) is 5.95. The zero-order valence-electron chi connectivity index (χ0n) is 17.3. The highest BCUT2D eigenvalue weighted by Crippen LogP contribution is 2.40. The van der Waals surface area contributed by atoms with Gasteiger partial charge in [-0.05, 0) is 56.1 Å². The van der Waals surface area contributed by atoms with Crippen LogP contribution in [0.25, 0.3) is 0 Å². The SMILES string of the molecule is CCCCCCOC(=O)C1CCC(O)(c2ccc(CCCCC)cc2)CC1. The second-order valence-electron chi connectivity index (χ2n) is 8.19. The highest BCUT2D eigenvalue weighted by atomic mass is 16.5. The molecule has 2 rings (SSSR count). The molecule has 0 heterocycles. The van der Waals surface area contributed by atoms with Gasteiger partial charge in [0.1, 0.15) is 0 Å². The molecule has 0 saturated heterocycles. The van der Waals surface area contributed by atoms with Crippen molar-refractivity contribution < 1.29 is 14.6 Å². The Labute approximate surface area is 165 Å². The lowest BCUT2D eigenvalue weighted by Gasteiger charge is -2.35. The van der Waals surface area contributed by atoms with Gasteiger partial charge < -0.3 is 9.84 Å². The molecule has 152 valence electrons. The van der Waals surface area contributed by atoms with Gasteiger partial charge >= 0.3 is 5.97 Å². The lowest BCUT2D eigenvalue weighted by atomic mass is 9.75. The monoisotopic (exact) mass is 374 g/mol. The molecule has 1 N–H and O–H groups in total. The summed E-state index contributed by atoms with van der Waals surface area (Å²) in [5, 5.41) is 11.1. The minimum absolute atomic E-state index is 0.0511. The van der Waals surface area contributed by atoms with Gasteiger partial charge in [-0.3, -0.25) is 4.79 Å². The van der Waals surface area contributed by atoms with E-state index >= 15 is 0 Å². The Morgan fingerprint density at radius 1 is 1.00 bits per heavy atom. The van der Waals surface area contributed by atoms with E-state index in [1.54, 1.807) is 0 Å². The Hall–Kier alpha value is -1.35. The van der Waals surface area contributed by atoms with Crippen LogP contribution in [0.2, 0.25) is 0 Å². The van der Waals surface area contributed by atoms with Crippen LogP contribution in [0.15, 0.2) is 24.3 Å². The predicted molar refractivity (Wildman–Crippen MR) is 111 cm³/mol. The van der Waals surface area contributed by atoms with E-state index in [0.717, 1.165) is 24.8 Å². The minimum Gasteiger partial charge on any atom is -0.465 e. The fourth-order valence-corrected chi connectivity index (χ4v) is 4.00. The first kappa shape index (κ1) is 21.9. The van der Waals surface area contributed by atoms with E-state index in [1.165, 1.54) is 37.7 Å². The molecule has 1 aromatic rings. The molecule has 0 atom stereocenters. The van der Waals surface area contributed by atoms with Crippen molar-refractivity contribution in [3.8, 4) is 0 Å². The molecular weight excluding hydrogens is 336 g/mol. The van der Waals surface area contributed by atoms with Crippen molar-refractivity contribution in [3.63, 3.8) is 0 Å². The van der Waals surface area contributed by atoms with Gasteiger partial charge in [0.05, 0.1) is 18.1 Å². The Bertz CT molecular complexity index is 541. The highest BCUT2D eigenvalue weighted by Gasteiger charge is 2.37. The molecule has 3 heteroatoms. The summed E-state index contributed by atoms with van der Waals surface area (Å²) in [6.07, 6.45) is 12.0. The van der Waals surface area contributed by atoms with Crippen LogP contribution in [-0.2, 0) is 21.6 Å². The molecule has 0 aliphatic heterocycles. The van der Waals surface area contributed by atoms with Gasteiger partial charge in [0.15, 0.2) is 0 Å². The second kappa shape index (κ2) is 11.5. The normalized spacial score (nSPS) is 22.6. The number of ether oxygens (including phenoxy) is 1. The fraction of sp³-hybridized carbons (Fsp3) is 0.708. The maximum atomic E-state index is 12.2. The molecule has 3 nitrogen and oxygen atoms in total. The number of aliphatic hydroxyl groups is 1. The van der Waals surface area contributed by atoms with Crippen LogP contribution in [0.5, 0.6) is 0 Å². The summed E-state index contributed by atoms with van der Waals surface area (Å²) in [7, 11) is 0. The van der Waals surface area contributed by atoms with Gasteiger partial charge in [-0.15, -0.1) is 0 Å². The van der Waals surface area contributed by atoms with E-state index in [1.807, 2.05) is 0 Å². The Morgan fingerprint density at radius 2 is 1.63 bits per heavy atom. The van der Waals surface area contributed by atoms with Crippen LogP contribution in [0, 0.1) is 5.92 Å². The molecule has 0 unspecified atom stereocenters. The third-order valence-corrected chi connectivity index (χ3v) is 5.95. The van der Waals surface area contributed by atoms with Crippen LogP contribution < -0.4 is 0 Å². The third kappa shape index (κ3) is 6.95. The first-order valence-corrected chi connectivity index (χ1v) is 11.1. The topological polar surface area (TPSA) is 46.5 Å². The van der Waals surface area contributed by atoms with Crippen LogP contribution in [-0.4, -0.2) is 17.7 Å². The van der Waals surface area contributed by atoms with E-state index in [9.17, 15) is 9.90 Å². The number of hydrogen-bond acceptors (Lipinski definition) is 3. The summed E-state index contributed by atoms with van der Waals surface area (Å²) in [6.45, 7) is 4.94. The average Bonchev–Trinajstić information content (AvgIpc) is 2.69. The van der Waals surface area contributed by atoms with E-state index in [-0.39, 0.29) is 11.9 Å². The van der Waals surface area contributed by atoms with Gasteiger partial charge in [-0.1, -0.05) is 70.2 Å². The van der Waals surface area contributed by atoms with Crippen LogP contribution in [0.4, 0.5) is 0 Å². The molecule has 1 fully saturated rings. The average molecular weight is 375 g/mol. The lowest BCUT2D eigenvalue weighted by molar-refractivity contribution is -0.152. The smallest absolute Gasteiger partial charge is 0.308 e. The summed E-state index contributed by atoms with van der Waals surface area (Å²) in [4.78, 5) is 12.2. The van der Waals surface area contributed by atoms with Crippen LogP contribution in [0.1, 0.15) is 95.6 Å². The maximum absolute atomic E-state index is 12.2. The molecule has 0 radical (unpaired) electrons. The van der Waals surface area contributed by atoms with E-state index < -0.39 is 5.60 Å². The number of rotatable bonds is 11. The second-order valence-corrected chi connectivity index (χ2v) is 8.19. The van der Waals surface area contributed by atoms with E-state index in [2.05, 4.69) is 38.1 Å². The highest BCUT2D eigenvalue weighted by molar-refractivity contribution is 5.72. The Kier molecular flexibility index (Phi) is 9.33. The Balaban J connectivity index is 1.78. The van der Waals surface area contributed by atoms with Gasteiger partial charge in [0.2, 0.25) is 0 Å². The fourth-order valence-electron chi connectivity index (χ4n) is 4.00. The quantitative estimate of drug-likeness (QED) is 0.386. The minimum atomic E-state index is -0.792. The summed E-state index contributed by atoms with van der Waals surface area (Å²) < 4.78 is 5.44. The van der Waals surface area contributed by atoms with E-state index in [0.29, 0.717) is 32.3 Å². The molecule has 1 saturated carbocycles.